The van der Waals surface area contributed by atoms with Gasteiger partial charge >= 0.3 is 0 Å². The monoisotopic (exact) mass is 298 g/mol. The van der Waals surface area contributed by atoms with Gasteiger partial charge in [-0.3, -0.25) is 9.89 Å². The van der Waals surface area contributed by atoms with E-state index in [1.165, 1.54) is 6.33 Å². The van der Waals surface area contributed by atoms with Crippen LogP contribution in [-0.4, -0.2) is 21.1 Å². The number of benzene rings is 2. The molecule has 0 spiro atoms. The van der Waals surface area contributed by atoms with Crippen molar-refractivity contribution < 1.29 is 4.79 Å². The summed E-state index contributed by atoms with van der Waals surface area (Å²) in [5.74, 6) is 0.388. The highest BCUT2D eigenvalue weighted by atomic mass is 35.5. The minimum atomic E-state index is -0.254. The van der Waals surface area contributed by atoms with E-state index in [1.807, 2.05) is 18.2 Å². The number of amides is 1. The maximum atomic E-state index is 12.2. The number of anilines is 1. The van der Waals surface area contributed by atoms with E-state index < -0.39 is 0 Å². The maximum Gasteiger partial charge on any atom is 0.257 e. The van der Waals surface area contributed by atoms with E-state index in [1.54, 1.807) is 30.3 Å². The molecule has 2 aromatic carbocycles. The topological polar surface area (TPSA) is 70.7 Å². The Morgan fingerprint density at radius 2 is 2.00 bits per heavy atom. The molecule has 1 amide bonds. The first-order valence-electron chi connectivity index (χ1n) is 6.26. The Labute approximate surface area is 126 Å². The SMILES string of the molecule is O=C(Nc1cccc(-c2ncn[nH]2)c1)c1ccccc1Cl. The van der Waals surface area contributed by atoms with Crippen LogP contribution in [0.1, 0.15) is 10.4 Å². The molecule has 0 aliphatic carbocycles. The molecule has 0 saturated carbocycles. The summed E-state index contributed by atoms with van der Waals surface area (Å²) in [5.41, 5.74) is 1.93. The van der Waals surface area contributed by atoms with Gasteiger partial charge in [-0.2, -0.15) is 5.10 Å². The predicted molar refractivity (Wildman–Crippen MR) is 81.2 cm³/mol. The summed E-state index contributed by atoms with van der Waals surface area (Å²) in [6.45, 7) is 0. The Hall–Kier alpha value is -2.66. The molecule has 1 aromatic heterocycles. The molecular weight excluding hydrogens is 288 g/mol. The molecule has 104 valence electrons. The summed E-state index contributed by atoms with van der Waals surface area (Å²) in [4.78, 5) is 16.3. The number of nitrogens with one attached hydrogen (secondary N) is 2. The van der Waals surface area contributed by atoms with Crippen LogP contribution in [0.3, 0.4) is 0 Å². The lowest BCUT2D eigenvalue weighted by Gasteiger charge is -2.07. The molecule has 0 bridgehead atoms. The second-order valence-electron chi connectivity index (χ2n) is 4.35. The molecule has 0 fully saturated rings. The highest BCUT2D eigenvalue weighted by Crippen LogP contribution is 2.21. The number of rotatable bonds is 3. The molecule has 0 unspecified atom stereocenters. The van der Waals surface area contributed by atoms with Crippen molar-refractivity contribution in [3.05, 3.63) is 65.4 Å². The van der Waals surface area contributed by atoms with Gasteiger partial charge in [-0.15, -0.1) is 0 Å². The molecule has 0 saturated heterocycles. The van der Waals surface area contributed by atoms with E-state index >= 15 is 0 Å². The average molecular weight is 299 g/mol. The summed E-state index contributed by atoms with van der Waals surface area (Å²) >= 11 is 6.01. The molecule has 0 aliphatic heterocycles. The number of aromatic nitrogens is 3. The number of carbonyl (C=O) groups excluding carboxylic acids is 1. The lowest BCUT2D eigenvalue weighted by Crippen LogP contribution is -2.12. The van der Waals surface area contributed by atoms with Crippen LogP contribution in [0.5, 0.6) is 0 Å². The lowest BCUT2D eigenvalue weighted by atomic mass is 10.1. The molecule has 0 aliphatic rings. The number of hydrogen-bond acceptors (Lipinski definition) is 3. The van der Waals surface area contributed by atoms with Gasteiger partial charge in [0.2, 0.25) is 0 Å². The van der Waals surface area contributed by atoms with Crippen LogP contribution in [0.15, 0.2) is 54.9 Å². The second-order valence-corrected chi connectivity index (χ2v) is 4.76. The normalized spacial score (nSPS) is 10.3. The maximum absolute atomic E-state index is 12.2. The van der Waals surface area contributed by atoms with Crippen LogP contribution in [-0.2, 0) is 0 Å². The van der Waals surface area contributed by atoms with Gasteiger partial charge in [-0.25, -0.2) is 4.98 Å². The van der Waals surface area contributed by atoms with Crippen LogP contribution in [0.25, 0.3) is 11.4 Å². The van der Waals surface area contributed by atoms with Crippen LogP contribution in [0.2, 0.25) is 5.02 Å². The summed E-state index contributed by atoms with van der Waals surface area (Å²) in [5, 5.41) is 9.82. The zero-order valence-corrected chi connectivity index (χ0v) is 11.6. The third-order valence-electron chi connectivity index (χ3n) is 2.93. The quantitative estimate of drug-likeness (QED) is 0.778. The van der Waals surface area contributed by atoms with Crippen molar-refractivity contribution in [3.63, 3.8) is 0 Å². The fourth-order valence-electron chi connectivity index (χ4n) is 1.93. The van der Waals surface area contributed by atoms with E-state index in [0.717, 1.165) is 5.56 Å². The standard InChI is InChI=1S/C15H11ClN4O/c16-13-7-2-1-6-12(13)15(21)19-11-5-3-4-10(8-11)14-17-9-18-20-14/h1-9H,(H,19,21)(H,17,18,20). The highest BCUT2D eigenvalue weighted by molar-refractivity contribution is 6.34. The number of aromatic amines is 1. The number of nitrogens with zero attached hydrogens (tertiary/aromatic N) is 2. The van der Waals surface area contributed by atoms with Crippen molar-refractivity contribution >= 4 is 23.2 Å². The number of carbonyl (C=O) groups is 1. The number of H-pyrrole nitrogens is 1. The van der Waals surface area contributed by atoms with Gasteiger partial charge in [0.1, 0.15) is 6.33 Å². The third kappa shape index (κ3) is 2.93. The third-order valence-corrected chi connectivity index (χ3v) is 3.26. The van der Waals surface area contributed by atoms with Crippen LogP contribution < -0.4 is 5.32 Å². The van der Waals surface area contributed by atoms with Crippen molar-refractivity contribution in [2.45, 2.75) is 0 Å². The fourth-order valence-corrected chi connectivity index (χ4v) is 2.15. The largest absolute Gasteiger partial charge is 0.322 e. The van der Waals surface area contributed by atoms with Crippen LogP contribution in [0, 0.1) is 0 Å². The minimum absolute atomic E-state index is 0.254. The van der Waals surface area contributed by atoms with Crippen molar-refractivity contribution in [1.29, 1.82) is 0 Å². The van der Waals surface area contributed by atoms with E-state index in [2.05, 4.69) is 20.5 Å². The highest BCUT2D eigenvalue weighted by Gasteiger charge is 2.10. The van der Waals surface area contributed by atoms with Gasteiger partial charge in [0, 0.05) is 11.3 Å². The molecule has 3 rings (SSSR count). The Bertz CT molecular complexity index is 771. The second kappa shape index (κ2) is 5.76. The van der Waals surface area contributed by atoms with E-state index in [0.29, 0.717) is 22.1 Å². The average Bonchev–Trinajstić information content (AvgIpc) is 3.02. The van der Waals surface area contributed by atoms with Crippen LogP contribution in [0.4, 0.5) is 5.69 Å². The Balaban J connectivity index is 1.84. The number of halogens is 1. The summed E-state index contributed by atoms with van der Waals surface area (Å²) in [7, 11) is 0. The Morgan fingerprint density at radius 3 is 2.76 bits per heavy atom. The summed E-state index contributed by atoms with van der Waals surface area (Å²) in [6.07, 6.45) is 1.43. The van der Waals surface area contributed by atoms with E-state index in [4.69, 9.17) is 11.6 Å². The molecule has 1 heterocycles. The zero-order chi connectivity index (χ0) is 14.7. The van der Waals surface area contributed by atoms with Crippen molar-refractivity contribution in [2.24, 2.45) is 0 Å². The lowest BCUT2D eigenvalue weighted by molar-refractivity contribution is 0.102. The summed E-state index contributed by atoms with van der Waals surface area (Å²) < 4.78 is 0. The molecular formula is C15H11ClN4O. The molecule has 6 heteroatoms. The molecule has 5 nitrogen and oxygen atoms in total. The Morgan fingerprint density at radius 1 is 1.14 bits per heavy atom. The van der Waals surface area contributed by atoms with E-state index in [9.17, 15) is 4.79 Å². The molecule has 0 radical (unpaired) electrons. The van der Waals surface area contributed by atoms with Crippen molar-refractivity contribution in [3.8, 4) is 11.4 Å². The van der Waals surface area contributed by atoms with Gasteiger partial charge in [0.25, 0.3) is 5.91 Å². The Kier molecular flexibility index (Phi) is 3.66. The molecule has 0 atom stereocenters. The molecule has 21 heavy (non-hydrogen) atoms. The fraction of sp³-hybridized carbons (Fsp3) is 0. The predicted octanol–water partition coefficient (Wildman–Crippen LogP) is 3.38. The summed E-state index contributed by atoms with van der Waals surface area (Å²) in [6, 6.07) is 14.2. The molecule has 3 aromatic rings. The van der Waals surface area contributed by atoms with Gasteiger partial charge in [-0.1, -0.05) is 35.9 Å². The van der Waals surface area contributed by atoms with Crippen LogP contribution >= 0.6 is 11.6 Å². The first-order chi connectivity index (χ1) is 10.2. The van der Waals surface area contributed by atoms with Crippen molar-refractivity contribution in [1.82, 2.24) is 15.2 Å². The van der Waals surface area contributed by atoms with Gasteiger partial charge < -0.3 is 5.32 Å². The van der Waals surface area contributed by atoms with Crippen molar-refractivity contribution in [2.75, 3.05) is 5.32 Å². The molecule has 2 N–H and O–H groups in total. The van der Waals surface area contributed by atoms with Gasteiger partial charge in [0.15, 0.2) is 5.82 Å². The first kappa shape index (κ1) is 13.3. The number of hydrogen-bond donors (Lipinski definition) is 2. The van der Waals surface area contributed by atoms with Gasteiger partial charge in [0.05, 0.1) is 10.6 Å². The van der Waals surface area contributed by atoms with E-state index in [-0.39, 0.29) is 5.91 Å². The smallest absolute Gasteiger partial charge is 0.257 e. The van der Waals surface area contributed by atoms with Gasteiger partial charge in [-0.05, 0) is 24.3 Å². The zero-order valence-electron chi connectivity index (χ0n) is 10.9. The first-order valence-corrected chi connectivity index (χ1v) is 6.63. The minimum Gasteiger partial charge on any atom is -0.322 e.